The molecule has 0 bridgehead atoms. The number of anilines is 1. The summed E-state index contributed by atoms with van der Waals surface area (Å²) in [5.74, 6) is 0.420. The monoisotopic (exact) mass is 466 g/mol. The van der Waals surface area contributed by atoms with Crippen LogP contribution in [0.25, 0.3) is 0 Å². The number of aryl methyl sites for hydroxylation is 3. The van der Waals surface area contributed by atoms with Crippen molar-refractivity contribution in [1.29, 1.82) is 0 Å². The maximum absolute atomic E-state index is 13.1. The Morgan fingerprint density at radius 1 is 0.939 bits per heavy atom. The summed E-state index contributed by atoms with van der Waals surface area (Å²) in [5, 5.41) is 2.93. The van der Waals surface area contributed by atoms with Crippen molar-refractivity contribution in [3.63, 3.8) is 0 Å². The van der Waals surface area contributed by atoms with E-state index in [1.54, 1.807) is 25.1 Å². The second-order valence-corrected chi connectivity index (χ2v) is 9.75. The number of carbonyl (C=O) groups excluding carboxylic acids is 1. The maximum atomic E-state index is 13.1. The van der Waals surface area contributed by atoms with Gasteiger partial charge in [-0.2, -0.15) is 0 Å². The first-order valence-electron chi connectivity index (χ1n) is 10.8. The summed E-state index contributed by atoms with van der Waals surface area (Å²) in [5.41, 5.74) is 4.05. The van der Waals surface area contributed by atoms with Gasteiger partial charge in [0.25, 0.3) is 15.9 Å². The SMILES string of the molecule is CCOc1ccc([C@@H](C)NC(=O)c2ccc(C)c(S(=O)(=O)Nc3cc(C)ccc3C)c2)cc1. The molecule has 0 aliphatic rings. The van der Waals surface area contributed by atoms with Crippen LogP contribution in [0.5, 0.6) is 5.75 Å². The fourth-order valence-electron chi connectivity index (χ4n) is 3.46. The first-order chi connectivity index (χ1) is 15.6. The topological polar surface area (TPSA) is 84.5 Å². The minimum atomic E-state index is -3.87. The molecule has 7 heteroatoms. The summed E-state index contributed by atoms with van der Waals surface area (Å²) in [4.78, 5) is 13.0. The first kappa shape index (κ1) is 24.3. The van der Waals surface area contributed by atoms with Crippen molar-refractivity contribution in [1.82, 2.24) is 5.32 Å². The molecule has 174 valence electrons. The number of hydrogen-bond donors (Lipinski definition) is 2. The van der Waals surface area contributed by atoms with E-state index in [1.807, 2.05) is 64.1 Å². The van der Waals surface area contributed by atoms with Crippen LogP contribution < -0.4 is 14.8 Å². The Labute approximate surface area is 196 Å². The van der Waals surface area contributed by atoms with Gasteiger partial charge in [0.15, 0.2) is 0 Å². The van der Waals surface area contributed by atoms with Gasteiger partial charge in [-0.1, -0.05) is 30.3 Å². The highest BCUT2D eigenvalue weighted by Crippen LogP contribution is 2.24. The molecule has 1 amide bonds. The summed E-state index contributed by atoms with van der Waals surface area (Å²) in [7, 11) is -3.87. The number of carbonyl (C=O) groups is 1. The third-order valence-electron chi connectivity index (χ3n) is 5.42. The van der Waals surface area contributed by atoms with Crippen LogP contribution in [0.1, 0.15) is 52.5 Å². The molecule has 3 rings (SSSR count). The lowest BCUT2D eigenvalue weighted by Gasteiger charge is -2.17. The number of amides is 1. The van der Waals surface area contributed by atoms with Gasteiger partial charge in [-0.05, 0) is 87.2 Å². The zero-order chi connectivity index (χ0) is 24.2. The summed E-state index contributed by atoms with van der Waals surface area (Å²) in [6, 6.07) is 17.5. The zero-order valence-corrected chi connectivity index (χ0v) is 20.4. The molecule has 0 aliphatic carbocycles. The van der Waals surface area contributed by atoms with E-state index >= 15 is 0 Å². The highest BCUT2D eigenvalue weighted by atomic mass is 32.2. The minimum Gasteiger partial charge on any atom is -0.494 e. The highest BCUT2D eigenvalue weighted by molar-refractivity contribution is 7.92. The molecule has 6 nitrogen and oxygen atoms in total. The minimum absolute atomic E-state index is 0.0739. The molecule has 0 heterocycles. The van der Waals surface area contributed by atoms with Crippen molar-refractivity contribution in [3.8, 4) is 5.75 Å². The quantitative estimate of drug-likeness (QED) is 0.472. The number of benzene rings is 3. The van der Waals surface area contributed by atoms with Gasteiger partial charge in [0.2, 0.25) is 0 Å². The van der Waals surface area contributed by atoms with Crippen LogP contribution in [0.4, 0.5) is 5.69 Å². The third-order valence-corrected chi connectivity index (χ3v) is 6.92. The summed E-state index contributed by atoms with van der Waals surface area (Å²) in [6.45, 7) is 9.84. The van der Waals surface area contributed by atoms with Crippen LogP contribution in [0, 0.1) is 20.8 Å². The fraction of sp³-hybridized carbons (Fsp3) is 0.269. The molecule has 0 aliphatic heterocycles. The van der Waals surface area contributed by atoms with Gasteiger partial charge in [0, 0.05) is 5.56 Å². The summed E-state index contributed by atoms with van der Waals surface area (Å²) >= 11 is 0. The Hall–Kier alpha value is -3.32. The Morgan fingerprint density at radius 2 is 1.61 bits per heavy atom. The smallest absolute Gasteiger partial charge is 0.262 e. The van der Waals surface area contributed by atoms with E-state index in [-0.39, 0.29) is 22.4 Å². The molecule has 0 saturated heterocycles. The van der Waals surface area contributed by atoms with Crippen LogP contribution in [0.2, 0.25) is 0 Å². The Balaban J connectivity index is 1.81. The van der Waals surface area contributed by atoms with Crippen molar-refractivity contribution >= 4 is 21.6 Å². The first-order valence-corrected chi connectivity index (χ1v) is 12.3. The van der Waals surface area contributed by atoms with E-state index in [4.69, 9.17) is 4.74 Å². The second kappa shape index (κ2) is 10.1. The van der Waals surface area contributed by atoms with E-state index in [0.29, 0.717) is 17.9 Å². The van der Waals surface area contributed by atoms with Gasteiger partial charge in [-0.15, -0.1) is 0 Å². The molecule has 0 unspecified atom stereocenters. The molecule has 3 aromatic rings. The molecule has 0 aromatic heterocycles. The predicted octanol–water partition coefficient (Wildman–Crippen LogP) is 5.30. The van der Waals surface area contributed by atoms with E-state index in [0.717, 1.165) is 22.4 Å². The number of rotatable bonds is 8. The molecule has 33 heavy (non-hydrogen) atoms. The number of nitrogens with one attached hydrogen (secondary N) is 2. The largest absolute Gasteiger partial charge is 0.494 e. The third kappa shape index (κ3) is 5.93. The summed E-state index contributed by atoms with van der Waals surface area (Å²) in [6.07, 6.45) is 0. The molecular weight excluding hydrogens is 436 g/mol. The number of hydrogen-bond acceptors (Lipinski definition) is 4. The van der Waals surface area contributed by atoms with Crippen LogP contribution in [-0.4, -0.2) is 20.9 Å². The second-order valence-electron chi connectivity index (χ2n) is 8.10. The average Bonchev–Trinajstić information content (AvgIpc) is 2.77. The van der Waals surface area contributed by atoms with Crippen LogP contribution >= 0.6 is 0 Å². The molecule has 1 atom stereocenters. The van der Waals surface area contributed by atoms with Crippen LogP contribution in [0.3, 0.4) is 0 Å². The lowest BCUT2D eigenvalue weighted by molar-refractivity contribution is 0.0939. The van der Waals surface area contributed by atoms with Gasteiger partial charge in [0.05, 0.1) is 23.2 Å². The molecular formula is C26H30N2O4S. The lowest BCUT2D eigenvalue weighted by Crippen LogP contribution is -2.27. The molecule has 0 spiro atoms. The zero-order valence-electron chi connectivity index (χ0n) is 19.6. The van der Waals surface area contributed by atoms with Crippen molar-refractivity contribution in [2.45, 2.75) is 45.6 Å². The van der Waals surface area contributed by atoms with E-state index in [2.05, 4.69) is 10.0 Å². The Kier molecular flexibility index (Phi) is 7.43. The van der Waals surface area contributed by atoms with E-state index in [1.165, 1.54) is 6.07 Å². The van der Waals surface area contributed by atoms with Crippen molar-refractivity contribution in [3.05, 3.63) is 88.5 Å². The van der Waals surface area contributed by atoms with Crippen molar-refractivity contribution in [2.24, 2.45) is 0 Å². The molecule has 2 N–H and O–H groups in total. The predicted molar refractivity (Wildman–Crippen MR) is 131 cm³/mol. The van der Waals surface area contributed by atoms with Crippen molar-refractivity contribution < 1.29 is 17.9 Å². The number of sulfonamides is 1. The van der Waals surface area contributed by atoms with E-state index < -0.39 is 10.0 Å². The molecule has 0 radical (unpaired) electrons. The van der Waals surface area contributed by atoms with Crippen LogP contribution in [-0.2, 0) is 10.0 Å². The van der Waals surface area contributed by atoms with Gasteiger partial charge in [-0.25, -0.2) is 8.42 Å². The molecule has 0 fully saturated rings. The van der Waals surface area contributed by atoms with Crippen LogP contribution in [0.15, 0.2) is 65.6 Å². The fourth-order valence-corrected chi connectivity index (χ4v) is 4.85. The highest BCUT2D eigenvalue weighted by Gasteiger charge is 2.21. The Morgan fingerprint density at radius 3 is 2.27 bits per heavy atom. The Bertz CT molecular complexity index is 1250. The molecule has 3 aromatic carbocycles. The normalized spacial score (nSPS) is 12.2. The summed E-state index contributed by atoms with van der Waals surface area (Å²) < 4.78 is 34.4. The van der Waals surface area contributed by atoms with Gasteiger partial charge >= 0.3 is 0 Å². The molecule has 0 saturated carbocycles. The van der Waals surface area contributed by atoms with Crippen molar-refractivity contribution in [2.75, 3.05) is 11.3 Å². The average molecular weight is 467 g/mol. The van der Waals surface area contributed by atoms with E-state index in [9.17, 15) is 13.2 Å². The maximum Gasteiger partial charge on any atom is 0.262 e. The standard InChI is InChI=1S/C26H30N2O4S/c1-6-32-23-13-11-21(12-14-23)20(5)27-26(29)22-10-9-19(4)25(16-22)33(30,31)28-24-15-17(2)7-8-18(24)3/h7-16,20,28H,6H2,1-5H3,(H,27,29)/t20-/m1/s1. The lowest BCUT2D eigenvalue weighted by atomic mass is 10.1. The van der Waals surface area contributed by atoms with Gasteiger partial charge in [-0.3, -0.25) is 9.52 Å². The number of ether oxygens (including phenoxy) is 1. The van der Waals surface area contributed by atoms with Gasteiger partial charge in [0.1, 0.15) is 5.75 Å². The van der Waals surface area contributed by atoms with Gasteiger partial charge < -0.3 is 10.1 Å².